The van der Waals surface area contributed by atoms with Crippen molar-refractivity contribution in [3.05, 3.63) is 12.7 Å². The van der Waals surface area contributed by atoms with Gasteiger partial charge in [0.2, 0.25) is 0 Å². The summed E-state index contributed by atoms with van der Waals surface area (Å²) in [6.45, 7) is 5.91. The Labute approximate surface area is 69.3 Å². The van der Waals surface area contributed by atoms with Crippen molar-refractivity contribution in [2.24, 2.45) is 5.92 Å². The molecule has 0 rings (SSSR count). The number of hydrogen-bond acceptors (Lipinski definition) is 0. The topological polar surface area (TPSA) is 0 Å². The fourth-order valence-electron chi connectivity index (χ4n) is 0.986. The fraction of sp³-hybridized carbons (Fsp3) is 0.778. The second kappa shape index (κ2) is 7.14. The van der Waals surface area contributed by atoms with Crippen LogP contribution in [0.5, 0.6) is 0 Å². The number of hydrogen-bond donors (Lipinski definition) is 0. The molecule has 0 bridgehead atoms. The van der Waals surface area contributed by atoms with Gasteiger partial charge in [-0.15, -0.1) is 18.2 Å². The predicted molar refractivity (Wildman–Crippen MR) is 48.5 cm³/mol. The lowest BCUT2D eigenvalue weighted by Gasteiger charge is -2.08. The molecule has 1 atom stereocenters. The van der Waals surface area contributed by atoms with E-state index >= 15 is 0 Å². The Morgan fingerprint density at radius 3 is 2.70 bits per heavy atom. The number of rotatable bonds is 6. The molecule has 0 spiro atoms. The summed E-state index contributed by atoms with van der Waals surface area (Å²) in [4.78, 5) is 0. The van der Waals surface area contributed by atoms with Gasteiger partial charge in [-0.2, -0.15) is 0 Å². The van der Waals surface area contributed by atoms with E-state index in [-0.39, 0.29) is 0 Å². The molecule has 0 saturated carbocycles. The molecule has 0 amide bonds. The molecule has 0 saturated heterocycles. The van der Waals surface area contributed by atoms with Gasteiger partial charge in [0.15, 0.2) is 0 Å². The van der Waals surface area contributed by atoms with E-state index in [2.05, 4.69) is 13.5 Å². The maximum atomic E-state index is 5.73. The molecule has 0 heterocycles. The molecule has 0 aromatic heterocycles. The van der Waals surface area contributed by atoms with Crippen LogP contribution in [0.3, 0.4) is 0 Å². The minimum absolute atomic E-state index is 0.666. The van der Waals surface area contributed by atoms with Crippen molar-refractivity contribution < 1.29 is 0 Å². The Kier molecular flexibility index (Phi) is 7.16. The maximum absolute atomic E-state index is 5.73. The normalized spacial score (nSPS) is 13.0. The monoisotopic (exact) mass is 160 g/mol. The van der Waals surface area contributed by atoms with Crippen molar-refractivity contribution in [2.75, 3.05) is 5.88 Å². The first-order valence-corrected chi connectivity index (χ1v) is 4.55. The van der Waals surface area contributed by atoms with Gasteiger partial charge in [-0.1, -0.05) is 25.8 Å². The van der Waals surface area contributed by atoms with E-state index in [0.717, 1.165) is 12.3 Å². The average Bonchev–Trinajstić information content (AvgIpc) is 1.98. The third-order valence-corrected chi connectivity index (χ3v) is 2.12. The molecule has 60 valence electrons. The molecule has 0 nitrogen and oxygen atoms in total. The molecule has 0 fully saturated rings. The van der Waals surface area contributed by atoms with Crippen LogP contribution in [0, 0.1) is 5.92 Å². The maximum Gasteiger partial charge on any atom is 0.0254 e. The largest absolute Gasteiger partial charge is 0.126 e. The molecule has 0 aliphatic heterocycles. The van der Waals surface area contributed by atoms with Crippen molar-refractivity contribution in [3.63, 3.8) is 0 Å². The summed E-state index contributed by atoms with van der Waals surface area (Å²) in [6, 6.07) is 0. The van der Waals surface area contributed by atoms with Gasteiger partial charge in [0.25, 0.3) is 0 Å². The Morgan fingerprint density at radius 1 is 1.60 bits per heavy atom. The van der Waals surface area contributed by atoms with Crippen LogP contribution < -0.4 is 0 Å². The second-order valence-corrected chi connectivity index (χ2v) is 3.00. The number of halogens is 1. The highest BCUT2D eigenvalue weighted by atomic mass is 35.5. The van der Waals surface area contributed by atoms with Crippen LogP contribution in [0.1, 0.15) is 32.6 Å². The highest BCUT2D eigenvalue weighted by molar-refractivity contribution is 6.18. The molecule has 0 N–H and O–H groups in total. The van der Waals surface area contributed by atoms with Gasteiger partial charge < -0.3 is 0 Å². The number of unbranched alkanes of at least 4 members (excludes halogenated alkanes) is 1. The number of allylic oxidation sites excluding steroid dienone is 1. The summed E-state index contributed by atoms with van der Waals surface area (Å²) in [7, 11) is 0. The Morgan fingerprint density at radius 2 is 2.30 bits per heavy atom. The third-order valence-electron chi connectivity index (χ3n) is 1.68. The van der Waals surface area contributed by atoms with Crippen molar-refractivity contribution >= 4 is 11.6 Å². The van der Waals surface area contributed by atoms with Crippen molar-refractivity contribution in [1.29, 1.82) is 0 Å². The Hall–Kier alpha value is 0.0300. The van der Waals surface area contributed by atoms with Crippen LogP contribution in [0.4, 0.5) is 0 Å². The standard InChI is InChI=1S/C9H17Cl/c1-3-5-7-9(8-10)6-4-2/h4,9H,2-3,5-8H2,1H3. The van der Waals surface area contributed by atoms with E-state index < -0.39 is 0 Å². The molecule has 10 heavy (non-hydrogen) atoms. The number of alkyl halides is 1. The van der Waals surface area contributed by atoms with E-state index in [9.17, 15) is 0 Å². The van der Waals surface area contributed by atoms with Crippen LogP contribution in [-0.2, 0) is 0 Å². The second-order valence-electron chi connectivity index (χ2n) is 2.69. The summed E-state index contributed by atoms with van der Waals surface area (Å²) >= 11 is 5.73. The van der Waals surface area contributed by atoms with Gasteiger partial charge in [0.05, 0.1) is 0 Å². The van der Waals surface area contributed by atoms with Gasteiger partial charge >= 0.3 is 0 Å². The molecule has 1 unspecified atom stereocenters. The zero-order valence-corrected chi connectivity index (χ0v) is 7.53. The summed E-state index contributed by atoms with van der Waals surface area (Å²) in [5.74, 6) is 1.45. The van der Waals surface area contributed by atoms with Crippen LogP contribution in [-0.4, -0.2) is 5.88 Å². The molecular formula is C9H17Cl. The van der Waals surface area contributed by atoms with Crippen molar-refractivity contribution in [3.8, 4) is 0 Å². The van der Waals surface area contributed by atoms with E-state index in [1.165, 1.54) is 19.3 Å². The SMILES string of the molecule is C=CCC(CCl)CCCC. The van der Waals surface area contributed by atoms with Gasteiger partial charge in [-0.3, -0.25) is 0 Å². The summed E-state index contributed by atoms with van der Waals surface area (Å²) in [5, 5.41) is 0. The fourth-order valence-corrected chi connectivity index (χ4v) is 1.27. The summed E-state index contributed by atoms with van der Waals surface area (Å²) in [6.07, 6.45) is 6.86. The molecule has 0 aliphatic rings. The van der Waals surface area contributed by atoms with E-state index in [4.69, 9.17) is 11.6 Å². The third kappa shape index (κ3) is 4.87. The van der Waals surface area contributed by atoms with Crippen LogP contribution >= 0.6 is 11.6 Å². The van der Waals surface area contributed by atoms with E-state index in [1.54, 1.807) is 0 Å². The lowest BCUT2D eigenvalue weighted by molar-refractivity contribution is 0.517. The quantitative estimate of drug-likeness (QED) is 0.412. The zero-order valence-electron chi connectivity index (χ0n) is 6.78. The highest BCUT2D eigenvalue weighted by Gasteiger charge is 2.02. The van der Waals surface area contributed by atoms with Crippen LogP contribution in [0.15, 0.2) is 12.7 Å². The van der Waals surface area contributed by atoms with Gasteiger partial charge in [-0.25, -0.2) is 0 Å². The summed E-state index contributed by atoms with van der Waals surface area (Å²) < 4.78 is 0. The van der Waals surface area contributed by atoms with Gasteiger partial charge in [-0.05, 0) is 18.8 Å². The molecular weight excluding hydrogens is 144 g/mol. The molecule has 0 aromatic carbocycles. The first kappa shape index (κ1) is 10.0. The Balaban J connectivity index is 3.29. The molecule has 0 aliphatic carbocycles. The molecule has 1 heteroatoms. The lowest BCUT2D eigenvalue weighted by atomic mass is 10.0. The van der Waals surface area contributed by atoms with Gasteiger partial charge in [0.1, 0.15) is 0 Å². The van der Waals surface area contributed by atoms with E-state index in [0.29, 0.717) is 5.92 Å². The molecule has 0 aromatic rings. The van der Waals surface area contributed by atoms with Crippen molar-refractivity contribution in [1.82, 2.24) is 0 Å². The Bertz CT molecular complexity index is 78.8. The predicted octanol–water partition coefficient (Wildman–Crippen LogP) is 3.61. The molecule has 0 radical (unpaired) electrons. The smallest absolute Gasteiger partial charge is 0.0254 e. The minimum Gasteiger partial charge on any atom is -0.126 e. The van der Waals surface area contributed by atoms with Crippen LogP contribution in [0.2, 0.25) is 0 Å². The lowest BCUT2D eigenvalue weighted by Crippen LogP contribution is -1.99. The highest BCUT2D eigenvalue weighted by Crippen LogP contribution is 2.14. The van der Waals surface area contributed by atoms with Gasteiger partial charge in [0, 0.05) is 5.88 Å². The first-order valence-electron chi connectivity index (χ1n) is 4.02. The minimum atomic E-state index is 0.666. The van der Waals surface area contributed by atoms with E-state index in [1.807, 2.05) is 6.08 Å². The summed E-state index contributed by atoms with van der Waals surface area (Å²) in [5.41, 5.74) is 0. The first-order chi connectivity index (χ1) is 4.85. The average molecular weight is 161 g/mol. The van der Waals surface area contributed by atoms with Crippen LogP contribution in [0.25, 0.3) is 0 Å². The van der Waals surface area contributed by atoms with Crippen molar-refractivity contribution in [2.45, 2.75) is 32.6 Å². The zero-order chi connectivity index (χ0) is 7.82.